The fourth-order valence-corrected chi connectivity index (χ4v) is 0.524. The zero-order chi connectivity index (χ0) is 8.69. The van der Waals surface area contributed by atoms with Crippen molar-refractivity contribution >= 4 is 0 Å². The third kappa shape index (κ3) is 5.62. The summed E-state index contributed by atoms with van der Waals surface area (Å²) in [4.78, 5) is 0. The van der Waals surface area contributed by atoms with E-state index in [4.69, 9.17) is 5.73 Å². The molecule has 11 heavy (non-hydrogen) atoms. The Balaban J connectivity index is 3.94. The maximum Gasteiger partial charge on any atom is 0.0109 e. The number of hydrogen-bond donors (Lipinski definition) is 1. The minimum atomic E-state index is 0.609. The monoisotopic (exact) mass is 151 g/mol. The molecule has 0 aromatic rings. The van der Waals surface area contributed by atoms with E-state index in [0.29, 0.717) is 6.54 Å². The van der Waals surface area contributed by atoms with E-state index in [0.717, 1.165) is 0 Å². The quantitative estimate of drug-likeness (QED) is 0.616. The third-order valence-corrected chi connectivity index (χ3v) is 1.52. The van der Waals surface area contributed by atoms with Crippen LogP contribution < -0.4 is 5.73 Å². The van der Waals surface area contributed by atoms with Crippen LogP contribution in [0.4, 0.5) is 0 Å². The Morgan fingerprint density at radius 2 is 1.82 bits per heavy atom. The number of nitrogens with two attached hydrogens (primary N) is 1. The molecule has 0 aliphatic carbocycles. The fourth-order valence-electron chi connectivity index (χ4n) is 0.524. The lowest BCUT2D eigenvalue weighted by atomic mass is 10.1. The summed E-state index contributed by atoms with van der Waals surface area (Å²) < 4.78 is 0. The van der Waals surface area contributed by atoms with Crippen molar-refractivity contribution in [3.63, 3.8) is 0 Å². The van der Waals surface area contributed by atoms with E-state index < -0.39 is 0 Å². The molecule has 1 nitrogen and oxygen atoms in total. The van der Waals surface area contributed by atoms with Crippen molar-refractivity contribution < 1.29 is 0 Å². The van der Waals surface area contributed by atoms with Crippen LogP contribution in [0.1, 0.15) is 20.8 Å². The van der Waals surface area contributed by atoms with Gasteiger partial charge in [0.2, 0.25) is 0 Å². The molecule has 1 heteroatoms. The molecule has 0 heterocycles. The Labute approximate surface area is 69.3 Å². The molecule has 0 spiro atoms. The Hall–Kier alpha value is -0.820. The average Bonchev–Trinajstić information content (AvgIpc) is 1.97. The van der Waals surface area contributed by atoms with Gasteiger partial charge in [0, 0.05) is 6.54 Å². The molecule has 2 N–H and O–H groups in total. The standard InChI is InChI=1S/C10H17N/c1-9(2)10(3)7-5-4-6-8-11/h4-7H,8,11H2,1-3H3/b6-4+,7-5-. The van der Waals surface area contributed by atoms with Gasteiger partial charge in [-0.2, -0.15) is 0 Å². The SMILES string of the molecule is CC(C)=C(C)/C=C\C=C\CN. The van der Waals surface area contributed by atoms with Crippen molar-refractivity contribution in [2.45, 2.75) is 20.8 Å². The van der Waals surface area contributed by atoms with E-state index >= 15 is 0 Å². The number of hydrogen-bond acceptors (Lipinski definition) is 1. The first kappa shape index (κ1) is 10.2. The van der Waals surface area contributed by atoms with E-state index in [9.17, 15) is 0 Å². The van der Waals surface area contributed by atoms with Gasteiger partial charge in [-0.05, 0) is 20.8 Å². The van der Waals surface area contributed by atoms with Gasteiger partial charge in [0.25, 0.3) is 0 Å². The largest absolute Gasteiger partial charge is 0.327 e. The van der Waals surface area contributed by atoms with Crippen LogP contribution in [-0.2, 0) is 0 Å². The lowest BCUT2D eigenvalue weighted by molar-refractivity contribution is 1.25. The van der Waals surface area contributed by atoms with E-state index in [1.807, 2.05) is 18.2 Å². The smallest absolute Gasteiger partial charge is 0.0109 e. The summed E-state index contributed by atoms with van der Waals surface area (Å²) in [6, 6.07) is 0. The first-order valence-corrected chi connectivity index (χ1v) is 3.86. The van der Waals surface area contributed by atoms with E-state index in [1.165, 1.54) is 11.1 Å². The normalized spacial score (nSPS) is 11.3. The van der Waals surface area contributed by atoms with E-state index in [2.05, 4.69) is 26.8 Å². The molecular weight excluding hydrogens is 134 g/mol. The van der Waals surface area contributed by atoms with Crippen LogP contribution in [0.2, 0.25) is 0 Å². The lowest BCUT2D eigenvalue weighted by Crippen LogP contribution is -1.91. The molecule has 0 aliphatic rings. The van der Waals surface area contributed by atoms with Crippen LogP contribution in [0.5, 0.6) is 0 Å². The Morgan fingerprint density at radius 3 is 2.27 bits per heavy atom. The molecule has 0 saturated heterocycles. The van der Waals surface area contributed by atoms with Gasteiger partial charge in [-0.1, -0.05) is 35.5 Å². The van der Waals surface area contributed by atoms with Crippen molar-refractivity contribution in [3.05, 3.63) is 35.5 Å². The van der Waals surface area contributed by atoms with Crippen molar-refractivity contribution in [1.82, 2.24) is 0 Å². The van der Waals surface area contributed by atoms with Gasteiger partial charge < -0.3 is 5.73 Å². The molecule has 0 amide bonds. The predicted molar refractivity (Wildman–Crippen MR) is 51.4 cm³/mol. The molecule has 0 rings (SSSR count). The summed E-state index contributed by atoms with van der Waals surface area (Å²) in [5, 5.41) is 0. The second-order valence-electron chi connectivity index (χ2n) is 2.71. The molecule has 0 bridgehead atoms. The Kier molecular flexibility index (Phi) is 5.49. The summed E-state index contributed by atoms with van der Waals surface area (Å²) in [6.07, 6.45) is 7.98. The maximum atomic E-state index is 5.27. The maximum absolute atomic E-state index is 5.27. The van der Waals surface area contributed by atoms with E-state index in [-0.39, 0.29) is 0 Å². The van der Waals surface area contributed by atoms with Gasteiger partial charge >= 0.3 is 0 Å². The second kappa shape index (κ2) is 5.93. The van der Waals surface area contributed by atoms with Crippen LogP contribution in [-0.4, -0.2) is 6.54 Å². The van der Waals surface area contributed by atoms with Crippen molar-refractivity contribution in [2.75, 3.05) is 6.54 Å². The van der Waals surface area contributed by atoms with Crippen molar-refractivity contribution in [3.8, 4) is 0 Å². The zero-order valence-electron chi connectivity index (χ0n) is 7.59. The van der Waals surface area contributed by atoms with Gasteiger partial charge in [0.15, 0.2) is 0 Å². The summed E-state index contributed by atoms with van der Waals surface area (Å²) in [7, 11) is 0. The molecule has 0 aromatic heterocycles. The highest BCUT2D eigenvalue weighted by Crippen LogP contribution is 2.02. The minimum Gasteiger partial charge on any atom is -0.327 e. The minimum absolute atomic E-state index is 0.609. The van der Waals surface area contributed by atoms with Crippen LogP contribution in [0, 0.1) is 0 Å². The molecule has 0 atom stereocenters. The van der Waals surface area contributed by atoms with Gasteiger partial charge in [-0.3, -0.25) is 0 Å². The first-order chi connectivity index (χ1) is 5.18. The van der Waals surface area contributed by atoms with Crippen LogP contribution in [0.3, 0.4) is 0 Å². The molecular formula is C10H17N. The highest BCUT2D eigenvalue weighted by molar-refractivity contribution is 5.23. The summed E-state index contributed by atoms with van der Waals surface area (Å²) >= 11 is 0. The average molecular weight is 151 g/mol. The highest BCUT2D eigenvalue weighted by Gasteiger charge is 1.81. The van der Waals surface area contributed by atoms with Crippen LogP contribution in [0.25, 0.3) is 0 Å². The summed E-state index contributed by atoms with van der Waals surface area (Å²) in [5.74, 6) is 0. The summed E-state index contributed by atoms with van der Waals surface area (Å²) in [6.45, 7) is 6.92. The van der Waals surface area contributed by atoms with Crippen LogP contribution in [0.15, 0.2) is 35.5 Å². The fraction of sp³-hybridized carbons (Fsp3) is 0.400. The lowest BCUT2D eigenvalue weighted by Gasteiger charge is -1.92. The van der Waals surface area contributed by atoms with Crippen molar-refractivity contribution in [2.24, 2.45) is 5.73 Å². The highest BCUT2D eigenvalue weighted by atomic mass is 14.5. The number of allylic oxidation sites excluding steroid dienone is 5. The Morgan fingerprint density at radius 1 is 1.18 bits per heavy atom. The third-order valence-electron chi connectivity index (χ3n) is 1.52. The zero-order valence-corrected chi connectivity index (χ0v) is 7.59. The van der Waals surface area contributed by atoms with E-state index in [1.54, 1.807) is 0 Å². The predicted octanol–water partition coefficient (Wildman–Crippen LogP) is 2.41. The molecule has 0 radical (unpaired) electrons. The molecule has 0 aromatic carbocycles. The Bertz CT molecular complexity index is 181. The van der Waals surface area contributed by atoms with Crippen LogP contribution >= 0.6 is 0 Å². The topological polar surface area (TPSA) is 26.0 Å². The van der Waals surface area contributed by atoms with Gasteiger partial charge in [-0.25, -0.2) is 0 Å². The molecule has 0 aliphatic heterocycles. The van der Waals surface area contributed by atoms with Gasteiger partial charge in [0.05, 0.1) is 0 Å². The first-order valence-electron chi connectivity index (χ1n) is 3.86. The molecule has 0 fully saturated rings. The molecule has 0 unspecified atom stereocenters. The molecule has 0 saturated carbocycles. The second-order valence-corrected chi connectivity index (χ2v) is 2.71. The van der Waals surface area contributed by atoms with Crippen molar-refractivity contribution in [1.29, 1.82) is 0 Å². The summed E-state index contributed by atoms with van der Waals surface area (Å²) in [5.41, 5.74) is 7.93. The van der Waals surface area contributed by atoms with Gasteiger partial charge in [-0.15, -0.1) is 0 Å². The number of rotatable bonds is 3. The van der Waals surface area contributed by atoms with Gasteiger partial charge in [0.1, 0.15) is 0 Å². The molecule has 62 valence electrons.